The highest BCUT2D eigenvalue weighted by Crippen LogP contribution is 2.66. The molecule has 214 valence electrons. The van der Waals surface area contributed by atoms with Crippen molar-refractivity contribution in [2.75, 3.05) is 17.5 Å². The molecule has 3 fully saturated rings. The summed E-state index contributed by atoms with van der Waals surface area (Å²) in [6.45, 7) is 0. The molecule has 0 bridgehead atoms. The lowest BCUT2D eigenvalue weighted by molar-refractivity contribution is -0.138. The number of phenolic OH excluding ortho intramolecular Hbond substituents is 1. The molecule has 41 heavy (non-hydrogen) atoms. The van der Waals surface area contributed by atoms with E-state index < -0.39 is 51.1 Å². The summed E-state index contributed by atoms with van der Waals surface area (Å²) in [5.74, 6) is -5.36. The molecule has 2 aliphatic heterocycles. The van der Waals surface area contributed by atoms with Gasteiger partial charge in [0.1, 0.15) is 0 Å². The molecule has 6 atom stereocenters. The molecular weight excluding hydrogens is 726 g/mol. The van der Waals surface area contributed by atoms with E-state index in [0.29, 0.717) is 21.8 Å². The van der Waals surface area contributed by atoms with Crippen molar-refractivity contribution in [1.29, 1.82) is 0 Å². The number of aromatic hydroxyl groups is 1. The molecule has 6 rings (SSSR count). The molecule has 2 heterocycles. The van der Waals surface area contributed by atoms with Crippen LogP contribution in [0.3, 0.4) is 0 Å². The first-order chi connectivity index (χ1) is 19.4. The van der Waals surface area contributed by atoms with Crippen LogP contribution in [0.25, 0.3) is 0 Å². The number of fused-ring (bicyclic) bond motifs is 4. The number of rotatable bonds is 4. The van der Waals surface area contributed by atoms with Crippen LogP contribution in [0.1, 0.15) is 24.3 Å². The highest BCUT2D eigenvalue weighted by Gasteiger charge is 2.76. The number of ether oxygens (including phenoxy) is 1. The maximum absolute atomic E-state index is 14.0. The van der Waals surface area contributed by atoms with E-state index in [-0.39, 0.29) is 40.2 Å². The van der Waals surface area contributed by atoms with E-state index in [1.54, 1.807) is 30.3 Å². The summed E-state index contributed by atoms with van der Waals surface area (Å²) < 4.78 is 5.64. The predicted octanol–water partition coefficient (Wildman–Crippen LogP) is 5.73. The van der Waals surface area contributed by atoms with Gasteiger partial charge in [0.25, 0.3) is 11.8 Å². The van der Waals surface area contributed by atoms with Gasteiger partial charge in [0, 0.05) is 10.9 Å². The first-order valence-electron chi connectivity index (χ1n) is 12.6. The lowest BCUT2D eigenvalue weighted by atomic mass is 9.56. The van der Waals surface area contributed by atoms with Crippen LogP contribution < -0.4 is 9.64 Å². The smallest absolute Gasteiger partial charge is 0.254 e. The number of imide groups is 2. The van der Waals surface area contributed by atoms with Gasteiger partial charge in [-0.1, -0.05) is 39.2 Å². The van der Waals surface area contributed by atoms with E-state index in [0.717, 1.165) is 9.80 Å². The molecule has 4 amide bonds. The van der Waals surface area contributed by atoms with E-state index in [9.17, 15) is 24.3 Å². The van der Waals surface area contributed by atoms with Crippen LogP contribution in [-0.2, 0) is 19.2 Å². The summed E-state index contributed by atoms with van der Waals surface area (Å²) in [4.78, 5) is 53.5. The zero-order valence-corrected chi connectivity index (χ0v) is 26.7. The third kappa shape index (κ3) is 3.83. The van der Waals surface area contributed by atoms with Crippen molar-refractivity contribution >= 4 is 96.0 Å². The average molecular weight is 748 g/mol. The number of alkyl halides is 3. The van der Waals surface area contributed by atoms with Crippen LogP contribution in [0.2, 0.25) is 5.02 Å². The molecule has 1 N–H and O–H groups in total. The minimum absolute atomic E-state index is 0.112. The zero-order chi connectivity index (χ0) is 29.6. The monoisotopic (exact) mass is 744 g/mol. The number of methoxy groups -OCH3 is 1. The van der Waals surface area contributed by atoms with Crippen LogP contribution in [0.5, 0.6) is 11.5 Å². The standard InChI is InChI=1S/C28H21Br2Cl3N2O6/c1-41-19-9-12(8-18(30)22(19)36)21-15-6-7-16-20(24(38)35(23(16)37)14-4-2-13(31)3-5-14)17(15)10-27(32)25(39)34(11-29)26(40)28(21,27)33/h2-6,8-9,16-17,20-21,36H,7,10-11H2,1H3/t16-,17+,20-,21-,27+,28-/m0/s1. The van der Waals surface area contributed by atoms with Gasteiger partial charge in [-0.2, -0.15) is 0 Å². The number of hydrogen-bond acceptors (Lipinski definition) is 6. The Bertz CT molecular complexity index is 1570. The number of benzene rings is 2. The fraction of sp³-hybridized carbons (Fsp3) is 0.357. The van der Waals surface area contributed by atoms with Crippen molar-refractivity contribution in [2.45, 2.75) is 28.5 Å². The summed E-state index contributed by atoms with van der Waals surface area (Å²) in [7, 11) is 1.38. The van der Waals surface area contributed by atoms with Crippen molar-refractivity contribution in [1.82, 2.24) is 4.90 Å². The Morgan fingerprint density at radius 1 is 1.05 bits per heavy atom. The van der Waals surface area contributed by atoms with E-state index in [4.69, 9.17) is 39.5 Å². The van der Waals surface area contributed by atoms with E-state index in [1.807, 2.05) is 6.08 Å². The molecule has 2 aliphatic carbocycles. The van der Waals surface area contributed by atoms with Gasteiger partial charge < -0.3 is 9.84 Å². The molecule has 4 aliphatic rings. The molecule has 2 aromatic carbocycles. The third-order valence-electron chi connectivity index (χ3n) is 8.70. The second-order valence-corrected chi connectivity index (χ2v) is 13.6. The molecule has 13 heteroatoms. The number of likely N-dealkylation sites (tertiary alicyclic amines) is 1. The highest BCUT2D eigenvalue weighted by atomic mass is 79.9. The normalized spacial score (nSPS) is 32.6. The van der Waals surface area contributed by atoms with Gasteiger partial charge in [0.2, 0.25) is 11.8 Å². The van der Waals surface area contributed by atoms with Gasteiger partial charge in [0.05, 0.1) is 34.6 Å². The molecular formula is C28H21Br2Cl3N2O6. The van der Waals surface area contributed by atoms with E-state index >= 15 is 0 Å². The first kappa shape index (κ1) is 29.0. The Kier molecular flexibility index (Phi) is 7.05. The minimum Gasteiger partial charge on any atom is -0.503 e. The molecule has 0 aromatic heterocycles. The summed E-state index contributed by atoms with van der Waals surface area (Å²) in [6.07, 6.45) is 1.94. The Morgan fingerprint density at radius 2 is 1.73 bits per heavy atom. The molecule has 8 nitrogen and oxygen atoms in total. The second-order valence-electron chi connectivity index (χ2n) is 10.5. The largest absolute Gasteiger partial charge is 0.503 e. The fourth-order valence-corrected chi connectivity index (χ4v) is 8.90. The van der Waals surface area contributed by atoms with Gasteiger partial charge in [0.15, 0.2) is 21.2 Å². The van der Waals surface area contributed by atoms with Gasteiger partial charge >= 0.3 is 0 Å². The summed E-state index contributed by atoms with van der Waals surface area (Å²) in [6, 6.07) is 9.54. The second kappa shape index (κ2) is 9.98. The maximum Gasteiger partial charge on any atom is 0.254 e. The van der Waals surface area contributed by atoms with Crippen molar-refractivity contribution in [2.24, 2.45) is 17.8 Å². The number of amides is 4. The van der Waals surface area contributed by atoms with Crippen molar-refractivity contribution in [3.05, 3.63) is 63.1 Å². The van der Waals surface area contributed by atoms with E-state index in [1.165, 1.54) is 13.2 Å². The van der Waals surface area contributed by atoms with Crippen molar-refractivity contribution < 1.29 is 29.0 Å². The third-order valence-corrected chi connectivity index (χ3v) is 11.5. The lowest BCUT2D eigenvalue weighted by Crippen LogP contribution is -2.60. The Morgan fingerprint density at radius 3 is 2.37 bits per heavy atom. The quantitative estimate of drug-likeness (QED) is 0.186. The number of allylic oxidation sites excluding steroid dienone is 2. The van der Waals surface area contributed by atoms with Crippen LogP contribution in [0.15, 0.2) is 52.5 Å². The topological polar surface area (TPSA) is 104 Å². The van der Waals surface area contributed by atoms with Gasteiger partial charge in [-0.05, 0) is 76.7 Å². The molecule has 1 saturated carbocycles. The number of carbonyl (C=O) groups excluding carboxylic acids is 4. The molecule has 0 unspecified atom stereocenters. The molecule has 0 radical (unpaired) electrons. The number of phenols is 1. The number of hydrogen-bond donors (Lipinski definition) is 1. The van der Waals surface area contributed by atoms with Crippen LogP contribution in [0.4, 0.5) is 5.69 Å². The molecule has 2 saturated heterocycles. The SMILES string of the molecule is COc1cc([C@H]2C3=CC[C@@H]4C(=O)N(c5ccc(Cl)cc5)C(=O)[C@@H]4[C@@H]3C[C@@]3(Cl)C(=O)N(CBr)C(=O)[C@@]23Cl)cc(Br)c1O. The average Bonchev–Trinajstić information content (AvgIpc) is 3.28. The van der Waals surface area contributed by atoms with Gasteiger partial charge in [-0.25, -0.2) is 0 Å². The Balaban J connectivity index is 1.54. The minimum atomic E-state index is -1.96. The molecule has 2 aromatic rings. The highest BCUT2D eigenvalue weighted by molar-refractivity contribution is 9.10. The fourth-order valence-electron chi connectivity index (χ4n) is 6.89. The first-order valence-corrected chi connectivity index (χ1v) is 15.7. The van der Waals surface area contributed by atoms with Crippen LogP contribution >= 0.6 is 66.7 Å². The Hall–Kier alpha value is -2.11. The summed E-state index contributed by atoms with van der Waals surface area (Å²) in [5.41, 5.74) is 1.35. The predicted molar refractivity (Wildman–Crippen MR) is 160 cm³/mol. The summed E-state index contributed by atoms with van der Waals surface area (Å²) >= 11 is 27.1. The lowest BCUT2D eigenvalue weighted by Gasteiger charge is -2.50. The number of nitrogens with zero attached hydrogens (tertiary/aromatic N) is 2. The van der Waals surface area contributed by atoms with Crippen molar-refractivity contribution in [3.8, 4) is 11.5 Å². The summed E-state index contributed by atoms with van der Waals surface area (Å²) in [5, 5.41) is 11.0. The number of carbonyl (C=O) groups is 4. The molecule has 0 spiro atoms. The van der Waals surface area contributed by atoms with Crippen LogP contribution in [0, 0.1) is 17.8 Å². The zero-order valence-electron chi connectivity index (χ0n) is 21.2. The Labute approximate surface area is 266 Å². The van der Waals surface area contributed by atoms with Crippen LogP contribution in [-0.4, -0.2) is 55.9 Å². The van der Waals surface area contributed by atoms with Crippen molar-refractivity contribution in [3.63, 3.8) is 0 Å². The van der Waals surface area contributed by atoms with E-state index in [2.05, 4.69) is 31.9 Å². The van der Waals surface area contributed by atoms with Gasteiger partial charge in [-0.3, -0.25) is 29.0 Å². The van der Waals surface area contributed by atoms with Gasteiger partial charge in [-0.15, -0.1) is 23.2 Å². The number of halogens is 5. The maximum atomic E-state index is 14.0. The number of anilines is 1.